The van der Waals surface area contributed by atoms with E-state index in [1.165, 1.54) is 64.7 Å². The number of carbonyl (C=O) groups is 2. The van der Waals surface area contributed by atoms with E-state index >= 15 is 0 Å². The third kappa shape index (κ3) is 9.00. The fourth-order valence-corrected chi connectivity index (χ4v) is 6.38. The zero-order valence-corrected chi connectivity index (χ0v) is 29.3. The van der Waals surface area contributed by atoms with E-state index in [-0.39, 0.29) is 41.0 Å². The standard InChI is InChI=1S/C34H45N3O9S/c1-10-27(33(39)35-34(2,3)4)36(21-23-12-11-13-24(18-23)42-5)32(38)22-37(28-19-25(43-6)14-16-29(28)44-7)47(40,41)26-15-17-30(45-8)31(20-26)46-9/h11-20,27H,10,21-22H2,1-9H3,(H,35,39). The van der Waals surface area contributed by atoms with Crippen LogP contribution in [0.3, 0.4) is 0 Å². The zero-order chi connectivity index (χ0) is 34.9. The van der Waals surface area contributed by atoms with Crippen molar-refractivity contribution in [2.24, 2.45) is 0 Å². The Morgan fingerprint density at radius 3 is 1.98 bits per heavy atom. The molecule has 2 amide bonds. The fourth-order valence-electron chi connectivity index (χ4n) is 4.95. The Kier molecular flexibility index (Phi) is 12.3. The molecule has 47 heavy (non-hydrogen) atoms. The Balaban J connectivity index is 2.22. The third-order valence-electron chi connectivity index (χ3n) is 7.25. The van der Waals surface area contributed by atoms with Crippen molar-refractivity contribution in [2.75, 3.05) is 46.4 Å². The molecule has 12 nitrogen and oxygen atoms in total. The van der Waals surface area contributed by atoms with Gasteiger partial charge in [0.25, 0.3) is 10.0 Å². The van der Waals surface area contributed by atoms with E-state index in [9.17, 15) is 18.0 Å². The lowest BCUT2D eigenvalue weighted by Crippen LogP contribution is -2.55. The largest absolute Gasteiger partial charge is 0.497 e. The summed E-state index contributed by atoms with van der Waals surface area (Å²) in [5.41, 5.74) is 0.169. The molecule has 0 saturated carbocycles. The maximum absolute atomic E-state index is 14.5. The predicted molar refractivity (Wildman–Crippen MR) is 179 cm³/mol. The van der Waals surface area contributed by atoms with E-state index < -0.39 is 34.1 Å². The highest BCUT2D eigenvalue weighted by Crippen LogP contribution is 2.38. The fraction of sp³-hybridized carbons (Fsp3) is 0.412. The number of anilines is 1. The van der Waals surface area contributed by atoms with Crippen molar-refractivity contribution in [2.45, 2.75) is 57.1 Å². The molecular weight excluding hydrogens is 626 g/mol. The average molecular weight is 672 g/mol. The monoisotopic (exact) mass is 671 g/mol. The predicted octanol–water partition coefficient (Wildman–Crippen LogP) is 4.65. The summed E-state index contributed by atoms with van der Waals surface area (Å²) in [6, 6.07) is 15.0. The maximum atomic E-state index is 14.5. The van der Waals surface area contributed by atoms with E-state index in [2.05, 4.69) is 5.32 Å². The van der Waals surface area contributed by atoms with Gasteiger partial charge >= 0.3 is 0 Å². The molecule has 1 unspecified atom stereocenters. The molecule has 0 bridgehead atoms. The molecule has 13 heteroatoms. The Labute approximate surface area is 277 Å². The lowest BCUT2D eigenvalue weighted by Gasteiger charge is -2.35. The number of hydrogen-bond acceptors (Lipinski definition) is 9. The number of rotatable bonds is 15. The molecule has 0 saturated heterocycles. The van der Waals surface area contributed by atoms with Crippen LogP contribution in [-0.4, -0.2) is 78.8 Å². The van der Waals surface area contributed by atoms with Gasteiger partial charge in [0.15, 0.2) is 11.5 Å². The average Bonchev–Trinajstić information content (AvgIpc) is 3.05. The molecule has 0 aliphatic heterocycles. The molecule has 1 atom stereocenters. The van der Waals surface area contributed by atoms with Gasteiger partial charge in [-0.05, 0) is 69.2 Å². The number of ether oxygens (including phenoxy) is 5. The van der Waals surface area contributed by atoms with Crippen LogP contribution < -0.4 is 33.3 Å². The first-order valence-electron chi connectivity index (χ1n) is 14.9. The van der Waals surface area contributed by atoms with Crippen molar-refractivity contribution >= 4 is 27.5 Å². The van der Waals surface area contributed by atoms with Crippen LogP contribution in [0.1, 0.15) is 39.7 Å². The SMILES string of the molecule is CCC(C(=O)NC(C)(C)C)N(Cc1cccc(OC)c1)C(=O)CN(c1cc(OC)ccc1OC)S(=O)(=O)c1ccc(OC)c(OC)c1. The van der Waals surface area contributed by atoms with Crippen molar-refractivity contribution in [1.82, 2.24) is 10.2 Å². The topological polar surface area (TPSA) is 133 Å². The minimum atomic E-state index is -4.47. The lowest BCUT2D eigenvalue weighted by atomic mass is 10.1. The molecule has 3 rings (SSSR count). The van der Waals surface area contributed by atoms with Gasteiger partial charge in [-0.15, -0.1) is 0 Å². The van der Waals surface area contributed by atoms with Crippen LogP contribution in [-0.2, 0) is 26.2 Å². The van der Waals surface area contributed by atoms with E-state index in [1.54, 1.807) is 43.3 Å². The van der Waals surface area contributed by atoms with Crippen LogP contribution in [0.2, 0.25) is 0 Å². The Hall–Kier alpha value is -4.65. The van der Waals surface area contributed by atoms with Crippen molar-refractivity contribution in [3.8, 4) is 28.7 Å². The molecule has 0 aliphatic carbocycles. The van der Waals surface area contributed by atoms with E-state index in [4.69, 9.17) is 23.7 Å². The van der Waals surface area contributed by atoms with Gasteiger partial charge in [-0.1, -0.05) is 19.1 Å². The summed E-state index contributed by atoms with van der Waals surface area (Å²) in [6.45, 7) is 6.66. The van der Waals surface area contributed by atoms with Crippen LogP contribution in [0.25, 0.3) is 0 Å². The van der Waals surface area contributed by atoms with E-state index in [0.717, 1.165) is 4.31 Å². The molecule has 256 valence electrons. The highest BCUT2D eigenvalue weighted by atomic mass is 32.2. The molecule has 1 N–H and O–H groups in total. The second-order valence-corrected chi connectivity index (χ2v) is 13.5. The maximum Gasteiger partial charge on any atom is 0.265 e. The quantitative estimate of drug-likeness (QED) is 0.245. The van der Waals surface area contributed by atoms with Crippen LogP contribution in [0.4, 0.5) is 5.69 Å². The van der Waals surface area contributed by atoms with Gasteiger partial charge in [0.2, 0.25) is 11.8 Å². The number of benzene rings is 3. The second-order valence-electron chi connectivity index (χ2n) is 11.6. The minimum absolute atomic E-state index is 0.00555. The lowest BCUT2D eigenvalue weighted by molar-refractivity contribution is -0.141. The molecule has 3 aromatic rings. The minimum Gasteiger partial charge on any atom is -0.497 e. The van der Waals surface area contributed by atoms with Gasteiger partial charge in [0.05, 0.1) is 46.1 Å². The van der Waals surface area contributed by atoms with E-state index in [1.807, 2.05) is 20.8 Å². The summed E-state index contributed by atoms with van der Waals surface area (Å²) in [5.74, 6) is 0.600. The van der Waals surface area contributed by atoms with Crippen molar-refractivity contribution in [3.05, 3.63) is 66.2 Å². The van der Waals surface area contributed by atoms with Gasteiger partial charge < -0.3 is 33.9 Å². The highest BCUT2D eigenvalue weighted by molar-refractivity contribution is 7.92. The molecule has 0 spiro atoms. The summed E-state index contributed by atoms with van der Waals surface area (Å²) in [7, 11) is 2.74. The van der Waals surface area contributed by atoms with Gasteiger partial charge in [-0.2, -0.15) is 0 Å². The van der Waals surface area contributed by atoms with Gasteiger partial charge in [-0.3, -0.25) is 13.9 Å². The van der Waals surface area contributed by atoms with Gasteiger partial charge in [-0.25, -0.2) is 8.42 Å². The van der Waals surface area contributed by atoms with Gasteiger partial charge in [0, 0.05) is 24.2 Å². The first-order chi connectivity index (χ1) is 22.2. The Morgan fingerprint density at radius 2 is 1.40 bits per heavy atom. The third-order valence-corrected chi connectivity index (χ3v) is 9.00. The number of hydrogen-bond donors (Lipinski definition) is 1. The smallest absolute Gasteiger partial charge is 0.265 e. The second kappa shape index (κ2) is 15.8. The number of nitrogens with one attached hydrogen (secondary N) is 1. The van der Waals surface area contributed by atoms with Crippen LogP contribution >= 0.6 is 0 Å². The summed E-state index contributed by atoms with van der Waals surface area (Å²) >= 11 is 0. The molecule has 0 aromatic heterocycles. The van der Waals surface area contributed by atoms with Crippen LogP contribution in [0, 0.1) is 0 Å². The van der Waals surface area contributed by atoms with Crippen molar-refractivity contribution in [3.63, 3.8) is 0 Å². The van der Waals surface area contributed by atoms with Crippen molar-refractivity contribution < 1.29 is 41.7 Å². The number of sulfonamides is 1. The van der Waals surface area contributed by atoms with Crippen LogP contribution in [0.15, 0.2) is 65.6 Å². The van der Waals surface area contributed by atoms with Crippen molar-refractivity contribution in [1.29, 1.82) is 0 Å². The molecule has 3 aromatic carbocycles. The molecule has 0 fully saturated rings. The number of methoxy groups -OCH3 is 5. The first-order valence-corrected chi connectivity index (χ1v) is 16.4. The Morgan fingerprint density at radius 1 is 0.787 bits per heavy atom. The summed E-state index contributed by atoms with van der Waals surface area (Å²) < 4.78 is 57.0. The van der Waals surface area contributed by atoms with Gasteiger partial charge in [0.1, 0.15) is 29.8 Å². The van der Waals surface area contributed by atoms with E-state index in [0.29, 0.717) is 22.8 Å². The first kappa shape index (κ1) is 36.8. The number of amides is 2. The summed E-state index contributed by atoms with van der Waals surface area (Å²) in [4.78, 5) is 29.3. The molecule has 0 heterocycles. The molecular formula is C34H45N3O9S. The highest BCUT2D eigenvalue weighted by Gasteiger charge is 2.36. The summed E-state index contributed by atoms with van der Waals surface area (Å²) in [6.07, 6.45) is 0.266. The number of carbonyl (C=O) groups excluding carboxylic acids is 2. The normalized spacial score (nSPS) is 12.0. The zero-order valence-electron chi connectivity index (χ0n) is 28.4. The Bertz CT molecular complexity index is 1650. The molecule has 0 aliphatic rings. The molecule has 0 radical (unpaired) electrons. The number of nitrogens with zero attached hydrogens (tertiary/aromatic N) is 2. The summed E-state index contributed by atoms with van der Waals surface area (Å²) in [5, 5.41) is 2.96. The van der Waals surface area contributed by atoms with Crippen LogP contribution in [0.5, 0.6) is 28.7 Å².